The van der Waals surface area contributed by atoms with Crippen LogP contribution in [0.5, 0.6) is 0 Å². The minimum absolute atomic E-state index is 0.107. The van der Waals surface area contributed by atoms with Gasteiger partial charge in [0.25, 0.3) is 0 Å². The Morgan fingerprint density at radius 3 is 1.55 bits per heavy atom. The van der Waals surface area contributed by atoms with Gasteiger partial charge in [0.05, 0.1) is 11.7 Å². The topological polar surface area (TPSA) is 46.5 Å². The molecule has 0 aliphatic rings. The van der Waals surface area contributed by atoms with E-state index in [1.807, 2.05) is 20.8 Å². The van der Waals surface area contributed by atoms with E-state index in [4.69, 9.17) is 4.74 Å². The molecule has 0 fully saturated rings. The summed E-state index contributed by atoms with van der Waals surface area (Å²) in [6.45, 7) is 21.8. The summed E-state index contributed by atoms with van der Waals surface area (Å²) in [4.78, 5) is 13.2. The summed E-state index contributed by atoms with van der Waals surface area (Å²) in [7, 11) is 0. The van der Waals surface area contributed by atoms with Crippen LogP contribution in [0.15, 0.2) is 0 Å². The molecule has 1 atom stereocenters. The third kappa shape index (κ3) is 6.78. The van der Waals surface area contributed by atoms with Gasteiger partial charge in [0.15, 0.2) is 5.78 Å². The number of carbonyl (C=O) groups excluding carboxylic acids is 1. The zero-order valence-corrected chi connectivity index (χ0v) is 16.6. The smallest absolute Gasteiger partial charge is 0.168 e. The van der Waals surface area contributed by atoms with Crippen molar-refractivity contribution in [3.63, 3.8) is 0 Å². The van der Waals surface area contributed by atoms with Crippen molar-refractivity contribution < 1.29 is 14.6 Å². The summed E-state index contributed by atoms with van der Waals surface area (Å²) < 4.78 is 6.04. The highest BCUT2D eigenvalue weighted by molar-refractivity contribution is 5.89. The average molecular weight is 315 g/mol. The van der Waals surface area contributed by atoms with Gasteiger partial charge in [-0.2, -0.15) is 0 Å². The third-order valence-corrected chi connectivity index (χ3v) is 3.87. The van der Waals surface area contributed by atoms with E-state index in [1.165, 1.54) is 0 Å². The first-order chi connectivity index (χ1) is 9.38. The van der Waals surface area contributed by atoms with Gasteiger partial charge >= 0.3 is 0 Å². The van der Waals surface area contributed by atoms with E-state index < -0.39 is 11.2 Å². The van der Waals surface area contributed by atoms with Crippen LogP contribution in [0.1, 0.15) is 82.6 Å². The lowest BCUT2D eigenvalue weighted by Crippen LogP contribution is -2.50. The molecule has 3 heteroatoms. The normalized spacial score (nSPS) is 16.0. The Hall–Kier alpha value is -0.410. The molecular formula is C19H38O3. The van der Waals surface area contributed by atoms with Gasteiger partial charge in [0.2, 0.25) is 0 Å². The van der Waals surface area contributed by atoms with Gasteiger partial charge < -0.3 is 9.84 Å². The second-order valence-corrected chi connectivity index (χ2v) is 9.98. The summed E-state index contributed by atoms with van der Waals surface area (Å²) >= 11 is 0. The van der Waals surface area contributed by atoms with Crippen LogP contribution < -0.4 is 0 Å². The molecule has 1 N–H and O–H groups in total. The van der Waals surface area contributed by atoms with Gasteiger partial charge in [0.1, 0.15) is 5.60 Å². The number of ether oxygens (including phenoxy) is 1. The van der Waals surface area contributed by atoms with Gasteiger partial charge in [0, 0.05) is 12.3 Å². The van der Waals surface area contributed by atoms with E-state index in [1.54, 1.807) is 13.8 Å². The Kier molecular flexibility index (Phi) is 6.48. The molecule has 3 nitrogen and oxygen atoms in total. The van der Waals surface area contributed by atoms with E-state index in [0.717, 1.165) is 0 Å². The van der Waals surface area contributed by atoms with E-state index in [9.17, 15) is 9.90 Å². The fraction of sp³-hybridized carbons (Fsp3) is 0.947. The van der Waals surface area contributed by atoms with Crippen molar-refractivity contribution in [1.82, 2.24) is 0 Å². The van der Waals surface area contributed by atoms with E-state index in [-0.39, 0.29) is 28.6 Å². The average Bonchev–Trinajstić information content (AvgIpc) is 2.06. The monoisotopic (exact) mass is 314 g/mol. The van der Waals surface area contributed by atoms with Crippen LogP contribution in [0.2, 0.25) is 0 Å². The quantitative estimate of drug-likeness (QED) is 0.779. The summed E-state index contributed by atoms with van der Waals surface area (Å²) in [6, 6.07) is 0. The molecule has 0 amide bonds. The van der Waals surface area contributed by atoms with Crippen molar-refractivity contribution in [3.8, 4) is 0 Å². The molecule has 1 unspecified atom stereocenters. The standard InChI is InChI=1S/C19H38O3/c1-13(12-18(8,9)21)22-19(10,11)15(20)14(16(2,3)4)17(5,6)7/h13-14,21H,12H2,1-11H3. The van der Waals surface area contributed by atoms with Crippen molar-refractivity contribution >= 4 is 5.78 Å². The van der Waals surface area contributed by atoms with Crippen molar-refractivity contribution in [2.24, 2.45) is 16.7 Å². The Bertz CT molecular complexity index is 361. The first-order valence-electron chi connectivity index (χ1n) is 8.32. The van der Waals surface area contributed by atoms with Gasteiger partial charge in [-0.25, -0.2) is 0 Å². The number of Topliss-reactive ketones (excluding diaryl/α,β-unsaturated/α-hetero) is 1. The van der Waals surface area contributed by atoms with Crippen molar-refractivity contribution in [2.75, 3.05) is 0 Å². The molecular weight excluding hydrogens is 276 g/mol. The van der Waals surface area contributed by atoms with E-state index in [0.29, 0.717) is 6.42 Å². The Labute approximate surface area is 137 Å². The minimum Gasteiger partial charge on any atom is -0.390 e. The summed E-state index contributed by atoms with van der Waals surface area (Å²) in [5.41, 5.74) is -1.92. The molecule has 0 aromatic heterocycles. The first kappa shape index (κ1) is 21.6. The molecule has 0 radical (unpaired) electrons. The van der Waals surface area contributed by atoms with Crippen molar-refractivity contribution in [3.05, 3.63) is 0 Å². The van der Waals surface area contributed by atoms with Crippen LogP contribution in [0.25, 0.3) is 0 Å². The van der Waals surface area contributed by atoms with Crippen LogP contribution in [0.4, 0.5) is 0 Å². The number of carbonyl (C=O) groups is 1. The maximum atomic E-state index is 13.2. The van der Waals surface area contributed by atoms with Crippen LogP contribution in [0, 0.1) is 16.7 Å². The molecule has 132 valence electrons. The Balaban J connectivity index is 5.29. The first-order valence-corrected chi connectivity index (χ1v) is 8.32. The van der Waals surface area contributed by atoms with Crippen molar-refractivity contribution in [2.45, 2.75) is 99.9 Å². The summed E-state index contributed by atoms with van der Waals surface area (Å²) in [5, 5.41) is 9.93. The number of hydrogen-bond donors (Lipinski definition) is 1. The number of aliphatic hydroxyl groups is 1. The Morgan fingerprint density at radius 1 is 0.909 bits per heavy atom. The van der Waals surface area contributed by atoms with E-state index in [2.05, 4.69) is 41.5 Å². The zero-order chi connectivity index (χ0) is 18.1. The van der Waals surface area contributed by atoms with Gasteiger partial charge in [-0.15, -0.1) is 0 Å². The maximum absolute atomic E-state index is 13.2. The molecule has 0 aromatic rings. The molecule has 0 aliphatic carbocycles. The molecule has 0 spiro atoms. The van der Waals surface area contributed by atoms with Gasteiger partial charge in [-0.3, -0.25) is 4.79 Å². The van der Waals surface area contributed by atoms with Crippen LogP contribution in [-0.4, -0.2) is 28.2 Å². The number of hydrogen-bond acceptors (Lipinski definition) is 3. The third-order valence-electron chi connectivity index (χ3n) is 3.87. The van der Waals surface area contributed by atoms with E-state index >= 15 is 0 Å². The number of ketones is 1. The molecule has 22 heavy (non-hydrogen) atoms. The van der Waals surface area contributed by atoms with Crippen molar-refractivity contribution in [1.29, 1.82) is 0 Å². The predicted molar refractivity (Wildman–Crippen MR) is 92.9 cm³/mol. The lowest BCUT2D eigenvalue weighted by atomic mass is 9.62. The Morgan fingerprint density at radius 2 is 1.27 bits per heavy atom. The summed E-state index contributed by atoms with van der Waals surface area (Å²) in [5.74, 6) is 0.0273. The SMILES string of the molecule is CC(CC(C)(C)O)OC(C)(C)C(=O)C(C(C)(C)C)C(C)(C)C. The van der Waals surface area contributed by atoms with Gasteiger partial charge in [-0.1, -0.05) is 41.5 Å². The molecule has 0 saturated heterocycles. The molecule has 0 aliphatic heterocycles. The second-order valence-electron chi connectivity index (χ2n) is 9.98. The fourth-order valence-corrected chi connectivity index (χ4v) is 3.74. The predicted octanol–water partition coefficient (Wildman–Crippen LogP) is 4.61. The van der Waals surface area contributed by atoms with Crippen LogP contribution in [-0.2, 0) is 9.53 Å². The number of rotatable bonds is 6. The second kappa shape index (κ2) is 6.60. The highest BCUT2D eigenvalue weighted by Crippen LogP contribution is 2.43. The maximum Gasteiger partial charge on any atom is 0.168 e. The van der Waals surface area contributed by atoms with Crippen LogP contribution in [0.3, 0.4) is 0 Å². The lowest BCUT2D eigenvalue weighted by Gasteiger charge is -2.44. The molecule has 0 saturated carbocycles. The van der Waals surface area contributed by atoms with Crippen LogP contribution >= 0.6 is 0 Å². The lowest BCUT2D eigenvalue weighted by molar-refractivity contribution is -0.162. The largest absolute Gasteiger partial charge is 0.390 e. The fourth-order valence-electron chi connectivity index (χ4n) is 3.74. The molecule has 0 bridgehead atoms. The zero-order valence-electron chi connectivity index (χ0n) is 16.6. The molecule has 0 rings (SSSR count). The highest BCUT2D eigenvalue weighted by atomic mass is 16.5. The highest BCUT2D eigenvalue weighted by Gasteiger charge is 2.46. The minimum atomic E-state index is -0.865. The molecule has 0 aromatic carbocycles. The summed E-state index contributed by atoms with van der Waals surface area (Å²) in [6.07, 6.45) is 0.318. The van der Waals surface area contributed by atoms with Gasteiger partial charge in [-0.05, 0) is 45.4 Å². The molecule has 0 heterocycles.